The van der Waals surface area contributed by atoms with Crippen molar-refractivity contribution in [1.29, 1.82) is 0 Å². The smallest absolute Gasteiger partial charge is 0.260 e. The van der Waals surface area contributed by atoms with Crippen molar-refractivity contribution >= 4 is 45.2 Å². The highest BCUT2D eigenvalue weighted by atomic mass is 32.1. The van der Waals surface area contributed by atoms with E-state index in [1.165, 1.54) is 11.3 Å². The number of likely N-dealkylation sites (tertiary alicyclic amines) is 1. The van der Waals surface area contributed by atoms with Crippen LogP contribution in [0.2, 0.25) is 0 Å². The number of aromatic nitrogens is 5. The zero-order valence-corrected chi connectivity index (χ0v) is 21.9. The minimum atomic E-state index is -0.283. The lowest BCUT2D eigenvalue weighted by Crippen LogP contribution is -2.54. The lowest BCUT2D eigenvalue weighted by Gasteiger charge is -2.45. The van der Waals surface area contributed by atoms with Crippen molar-refractivity contribution in [1.82, 2.24) is 29.3 Å². The van der Waals surface area contributed by atoms with Gasteiger partial charge in [0.1, 0.15) is 10.6 Å². The largest absolute Gasteiger partial charge is 0.370 e. The van der Waals surface area contributed by atoms with E-state index >= 15 is 0 Å². The van der Waals surface area contributed by atoms with Crippen LogP contribution < -0.4 is 16.0 Å². The van der Waals surface area contributed by atoms with Crippen molar-refractivity contribution in [2.75, 3.05) is 42.1 Å². The molecule has 0 aliphatic carbocycles. The number of carbonyl (C=O) groups is 2. The highest BCUT2D eigenvalue weighted by Crippen LogP contribution is 2.36. The molecule has 0 unspecified atom stereocenters. The maximum Gasteiger partial charge on any atom is 0.260 e. The third kappa shape index (κ3) is 4.58. The zero-order chi connectivity index (χ0) is 25.7. The average Bonchev–Trinajstić information content (AvgIpc) is 3.53. The molecule has 192 valence electrons. The average molecular weight is 520 g/mol. The van der Waals surface area contributed by atoms with Gasteiger partial charge in [-0.1, -0.05) is 13.8 Å². The van der Waals surface area contributed by atoms with Gasteiger partial charge in [0.2, 0.25) is 5.91 Å². The Morgan fingerprint density at radius 1 is 1.16 bits per heavy atom. The summed E-state index contributed by atoms with van der Waals surface area (Å²) in [6, 6.07) is 1.74. The number of amides is 2. The van der Waals surface area contributed by atoms with Crippen LogP contribution >= 0.6 is 11.3 Å². The molecule has 2 aliphatic heterocycles. The molecule has 6 heterocycles. The summed E-state index contributed by atoms with van der Waals surface area (Å²) in [5, 5.41) is 18.1. The van der Waals surface area contributed by atoms with Gasteiger partial charge in [-0.15, -0.1) is 11.3 Å². The van der Waals surface area contributed by atoms with Crippen molar-refractivity contribution in [3.05, 3.63) is 42.1 Å². The van der Waals surface area contributed by atoms with Crippen LogP contribution in [-0.4, -0.2) is 67.3 Å². The topological polar surface area (TPSA) is 121 Å². The van der Waals surface area contributed by atoms with Gasteiger partial charge in [-0.05, 0) is 24.8 Å². The molecule has 1 saturated heterocycles. The lowest BCUT2D eigenvalue weighted by atomic mass is 9.84. The Balaban J connectivity index is 1.17. The van der Waals surface area contributed by atoms with Gasteiger partial charge in [-0.3, -0.25) is 19.5 Å². The molecule has 2 aliphatic rings. The Morgan fingerprint density at radius 2 is 2.00 bits per heavy atom. The number of nitrogens with one attached hydrogen (secondary N) is 3. The van der Waals surface area contributed by atoms with Crippen LogP contribution in [0.3, 0.4) is 0 Å². The van der Waals surface area contributed by atoms with Crippen molar-refractivity contribution in [3.8, 4) is 10.4 Å². The van der Waals surface area contributed by atoms with Gasteiger partial charge in [0.25, 0.3) is 5.91 Å². The number of nitrogens with zero attached hydrogens (tertiary/aromatic N) is 6. The standard InChI is InChI=1S/C25H29N9O2S/c1-15-19(7-16(8-27-15)30-21(35)12-32-13-25(2,3)14-32)31-23(36)18-10-29-34-11-20(37-24(18)34)17-9-28-33-6-4-5-26-22(17)33/h7-11,26H,4-6,12-14H2,1-3H3,(H,30,35)(H,31,36). The third-order valence-electron chi connectivity index (χ3n) is 6.67. The molecule has 3 N–H and O–H groups in total. The first-order valence-corrected chi connectivity index (χ1v) is 13.1. The van der Waals surface area contributed by atoms with Crippen molar-refractivity contribution in [2.45, 2.75) is 33.7 Å². The van der Waals surface area contributed by atoms with E-state index in [9.17, 15) is 9.59 Å². The fourth-order valence-electron chi connectivity index (χ4n) is 5.02. The molecule has 0 spiro atoms. The summed E-state index contributed by atoms with van der Waals surface area (Å²) in [6.07, 6.45) is 8.00. The van der Waals surface area contributed by atoms with Crippen LogP contribution in [0.4, 0.5) is 17.2 Å². The van der Waals surface area contributed by atoms with Crippen LogP contribution in [0.15, 0.2) is 30.9 Å². The minimum absolute atomic E-state index is 0.0975. The summed E-state index contributed by atoms with van der Waals surface area (Å²) in [5.41, 5.74) is 3.48. The molecule has 4 aromatic heterocycles. The van der Waals surface area contributed by atoms with Gasteiger partial charge in [-0.2, -0.15) is 10.2 Å². The second kappa shape index (κ2) is 8.96. The van der Waals surface area contributed by atoms with Crippen molar-refractivity contribution in [3.63, 3.8) is 0 Å². The number of hydrogen-bond donors (Lipinski definition) is 3. The molecule has 4 aromatic rings. The molecule has 11 nitrogen and oxygen atoms in total. The first kappa shape index (κ1) is 23.6. The molecule has 12 heteroatoms. The monoisotopic (exact) mass is 519 g/mol. The van der Waals surface area contributed by atoms with Crippen LogP contribution in [0, 0.1) is 12.3 Å². The van der Waals surface area contributed by atoms with Gasteiger partial charge >= 0.3 is 0 Å². The molecule has 0 radical (unpaired) electrons. The van der Waals surface area contributed by atoms with E-state index < -0.39 is 0 Å². The fraction of sp³-hybridized carbons (Fsp3) is 0.400. The number of fused-ring (bicyclic) bond motifs is 2. The summed E-state index contributed by atoms with van der Waals surface area (Å²) in [5.74, 6) is 0.620. The van der Waals surface area contributed by atoms with Gasteiger partial charge < -0.3 is 16.0 Å². The number of thiazole rings is 1. The number of carbonyl (C=O) groups excluding carboxylic acids is 2. The summed E-state index contributed by atoms with van der Waals surface area (Å²) < 4.78 is 3.70. The van der Waals surface area contributed by atoms with E-state index in [1.807, 2.05) is 24.0 Å². The molecule has 0 atom stereocenters. The first-order chi connectivity index (χ1) is 17.8. The Kier molecular flexibility index (Phi) is 5.72. The maximum atomic E-state index is 13.2. The molecule has 0 saturated carbocycles. The van der Waals surface area contributed by atoms with E-state index in [0.717, 1.165) is 53.7 Å². The fourth-order valence-corrected chi connectivity index (χ4v) is 6.09. The second-order valence-electron chi connectivity index (χ2n) is 10.5. The first-order valence-electron chi connectivity index (χ1n) is 12.3. The molecular formula is C25H29N9O2S. The number of pyridine rings is 1. The van der Waals surface area contributed by atoms with E-state index in [0.29, 0.717) is 29.2 Å². The van der Waals surface area contributed by atoms with Crippen LogP contribution in [-0.2, 0) is 11.3 Å². The van der Waals surface area contributed by atoms with E-state index in [1.54, 1.807) is 23.0 Å². The quantitative estimate of drug-likeness (QED) is 0.357. The molecular weight excluding hydrogens is 490 g/mol. The Hall–Kier alpha value is -3.77. The van der Waals surface area contributed by atoms with Gasteiger partial charge in [0, 0.05) is 32.4 Å². The van der Waals surface area contributed by atoms with Gasteiger partial charge in [0.15, 0.2) is 0 Å². The van der Waals surface area contributed by atoms with Gasteiger partial charge in [0.05, 0.1) is 58.2 Å². The van der Waals surface area contributed by atoms with Gasteiger partial charge in [-0.25, -0.2) is 9.20 Å². The second-order valence-corrected chi connectivity index (χ2v) is 11.5. The predicted molar refractivity (Wildman–Crippen MR) is 143 cm³/mol. The number of aryl methyl sites for hydroxylation is 2. The van der Waals surface area contributed by atoms with Crippen LogP contribution in [0.25, 0.3) is 15.3 Å². The van der Waals surface area contributed by atoms with Crippen molar-refractivity contribution < 1.29 is 9.59 Å². The molecule has 37 heavy (non-hydrogen) atoms. The van der Waals surface area contributed by atoms with Crippen LogP contribution in [0.5, 0.6) is 0 Å². The van der Waals surface area contributed by atoms with Crippen molar-refractivity contribution in [2.24, 2.45) is 5.41 Å². The SMILES string of the molecule is Cc1ncc(NC(=O)CN2CC(C)(C)C2)cc1NC(=O)c1cnn2cc(-c3cnn4c3NCCC4)sc12. The molecule has 0 aromatic carbocycles. The molecule has 2 amide bonds. The highest BCUT2D eigenvalue weighted by Gasteiger charge is 2.34. The highest BCUT2D eigenvalue weighted by molar-refractivity contribution is 7.21. The summed E-state index contributed by atoms with van der Waals surface area (Å²) >= 11 is 1.50. The normalized spacial score (nSPS) is 16.6. The number of anilines is 3. The predicted octanol–water partition coefficient (Wildman–Crippen LogP) is 3.31. The molecule has 1 fully saturated rings. The Labute approximate surface area is 217 Å². The van der Waals surface area contributed by atoms with E-state index in [2.05, 4.69) is 49.9 Å². The van der Waals surface area contributed by atoms with E-state index in [4.69, 9.17) is 0 Å². The minimum Gasteiger partial charge on any atom is -0.370 e. The van der Waals surface area contributed by atoms with E-state index in [-0.39, 0.29) is 17.2 Å². The zero-order valence-electron chi connectivity index (χ0n) is 21.0. The Morgan fingerprint density at radius 3 is 2.81 bits per heavy atom. The lowest BCUT2D eigenvalue weighted by molar-refractivity contribution is -0.120. The summed E-state index contributed by atoms with van der Waals surface area (Å²) in [4.78, 5) is 33.9. The third-order valence-corrected chi connectivity index (χ3v) is 7.82. The number of rotatable bonds is 6. The number of hydrogen-bond acceptors (Lipinski definition) is 8. The summed E-state index contributed by atoms with van der Waals surface area (Å²) in [6.45, 7) is 10.1. The molecule has 6 rings (SSSR count). The van der Waals surface area contributed by atoms with Crippen LogP contribution in [0.1, 0.15) is 36.3 Å². The summed E-state index contributed by atoms with van der Waals surface area (Å²) in [7, 11) is 0. The maximum absolute atomic E-state index is 13.2. The molecule has 0 bridgehead atoms. The Bertz CT molecular complexity index is 1510.